The molecule has 1 N–H and O–H groups in total. The van der Waals surface area contributed by atoms with E-state index in [9.17, 15) is 4.79 Å². The van der Waals surface area contributed by atoms with Gasteiger partial charge in [-0.25, -0.2) is 5.01 Å². The van der Waals surface area contributed by atoms with E-state index in [0.717, 1.165) is 0 Å². The zero-order valence-electron chi connectivity index (χ0n) is 7.13. The van der Waals surface area contributed by atoms with Crippen molar-refractivity contribution < 1.29 is 4.79 Å². The molecule has 3 nitrogen and oxygen atoms in total. The summed E-state index contributed by atoms with van der Waals surface area (Å²) in [5, 5.41) is 1.98. The summed E-state index contributed by atoms with van der Waals surface area (Å²) in [5.74, 6) is 0. The van der Waals surface area contributed by atoms with Crippen molar-refractivity contribution in [3.05, 3.63) is 0 Å². The second-order valence-corrected chi connectivity index (χ2v) is 3.25. The van der Waals surface area contributed by atoms with Gasteiger partial charge >= 0.3 is 6.41 Å². The third-order valence-electron chi connectivity index (χ3n) is 2.37. The van der Waals surface area contributed by atoms with Crippen LogP contribution in [0.3, 0.4) is 0 Å². The highest BCUT2D eigenvalue weighted by atomic mass is 16.1. The number of carbonyl (C=O) groups excluding carboxylic acids is 1. The van der Waals surface area contributed by atoms with Gasteiger partial charge in [0.05, 0.1) is 0 Å². The van der Waals surface area contributed by atoms with Crippen LogP contribution in [0.4, 0.5) is 0 Å². The number of rotatable bonds is 2. The summed E-state index contributed by atoms with van der Waals surface area (Å²) in [6, 6.07) is 0.917. The predicted molar refractivity (Wildman–Crippen MR) is 43.4 cm³/mol. The SMILES string of the molecule is CC1CCCC(C)N1N[C]=O. The molecule has 0 aliphatic carbocycles. The number of hydrogen-bond donors (Lipinski definition) is 1. The van der Waals surface area contributed by atoms with E-state index in [-0.39, 0.29) is 0 Å². The Kier molecular flexibility index (Phi) is 2.88. The lowest BCUT2D eigenvalue weighted by molar-refractivity contribution is 0.0728. The maximum absolute atomic E-state index is 10.1. The molecular formula is C8H15N2O. The van der Waals surface area contributed by atoms with Crippen molar-refractivity contribution in [2.75, 3.05) is 0 Å². The Morgan fingerprint density at radius 3 is 2.36 bits per heavy atom. The molecule has 0 saturated carbocycles. The van der Waals surface area contributed by atoms with E-state index in [1.807, 2.05) is 5.01 Å². The zero-order valence-corrected chi connectivity index (χ0v) is 7.13. The first kappa shape index (κ1) is 8.53. The van der Waals surface area contributed by atoms with E-state index in [2.05, 4.69) is 19.3 Å². The van der Waals surface area contributed by atoms with Gasteiger partial charge in [0.25, 0.3) is 0 Å². The minimum atomic E-state index is 0.459. The molecule has 2 unspecified atom stereocenters. The van der Waals surface area contributed by atoms with Crippen LogP contribution in [0.2, 0.25) is 0 Å². The second-order valence-electron chi connectivity index (χ2n) is 3.25. The van der Waals surface area contributed by atoms with E-state index in [1.165, 1.54) is 19.3 Å². The number of nitrogens with one attached hydrogen (secondary N) is 1. The molecule has 1 aliphatic heterocycles. The molecule has 1 radical (unpaired) electrons. The van der Waals surface area contributed by atoms with Crippen molar-refractivity contribution in [1.82, 2.24) is 10.4 Å². The van der Waals surface area contributed by atoms with Gasteiger partial charge in [0.1, 0.15) is 0 Å². The van der Waals surface area contributed by atoms with Crippen molar-refractivity contribution in [2.24, 2.45) is 0 Å². The fourth-order valence-corrected chi connectivity index (χ4v) is 1.69. The number of hydrogen-bond acceptors (Lipinski definition) is 2. The molecule has 1 fully saturated rings. The van der Waals surface area contributed by atoms with Crippen molar-refractivity contribution >= 4 is 6.41 Å². The van der Waals surface area contributed by atoms with Crippen LogP contribution in [-0.4, -0.2) is 23.5 Å². The average Bonchev–Trinajstić information content (AvgIpc) is 1.97. The molecule has 1 aliphatic rings. The Morgan fingerprint density at radius 2 is 1.91 bits per heavy atom. The molecule has 11 heavy (non-hydrogen) atoms. The topological polar surface area (TPSA) is 32.3 Å². The van der Waals surface area contributed by atoms with Gasteiger partial charge in [0.15, 0.2) is 0 Å². The monoisotopic (exact) mass is 155 g/mol. The van der Waals surface area contributed by atoms with Gasteiger partial charge in [-0.1, -0.05) is 6.42 Å². The molecule has 1 amide bonds. The first-order chi connectivity index (χ1) is 5.25. The summed E-state index contributed by atoms with van der Waals surface area (Å²) in [6.07, 6.45) is 5.32. The van der Waals surface area contributed by atoms with Gasteiger partial charge in [0, 0.05) is 12.1 Å². The first-order valence-electron chi connectivity index (χ1n) is 4.17. The molecule has 0 bridgehead atoms. The minimum absolute atomic E-state index is 0.459. The number of hydrazine groups is 1. The quantitative estimate of drug-likeness (QED) is 0.599. The Bertz CT molecular complexity index is 128. The summed E-state index contributed by atoms with van der Waals surface area (Å²) >= 11 is 0. The third-order valence-corrected chi connectivity index (χ3v) is 2.37. The molecule has 0 spiro atoms. The lowest BCUT2D eigenvalue weighted by Crippen LogP contribution is -2.51. The Balaban J connectivity index is 2.47. The van der Waals surface area contributed by atoms with E-state index in [0.29, 0.717) is 12.1 Å². The number of nitrogens with zero attached hydrogens (tertiary/aromatic N) is 1. The number of amides is 1. The van der Waals surface area contributed by atoms with Crippen LogP contribution >= 0.6 is 0 Å². The van der Waals surface area contributed by atoms with Crippen molar-refractivity contribution in [2.45, 2.75) is 45.2 Å². The molecule has 0 aromatic rings. The minimum Gasteiger partial charge on any atom is -0.280 e. The first-order valence-corrected chi connectivity index (χ1v) is 4.17. The van der Waals surface area contributed by atoms with Crippen molar-refractivity contribution in [1.29, 1.82) is 0 Å². The fourth-order valence-electron chi connectivity index (χ4n) is 1.69. The summed E-state index contributed by atoms with van der Waals surface area (Å²) in [4.78, 5) is 10.1. The molecule has 1 saturated heterocycles. The smallest absolute Gasteiger partial charge is 0.280 e. The third kappa shape index (κ3) is 1.93. The molecule has 3 heteroatoms. The molecule has 0 aromatic carbocycles. The van der Waals surface area contributed by atoms with Crippen LogP contribution in [0.15, 0.2) is 0 Å². The van der Waals surface area contributed by atoms with Crippen molar-refractivity contribution in [3.63, 3.8) is 0 Å². The summed E-state index contributed by atoms with van der Waals surface area (Å²) in [7, 11) is 0. The van der Waals surface area contributed by atoms with Crippen molar-refractivity contribution in [3.8, 4) is 0 Å². The van der Waals surface area contributed by atoms with Crippen LogP contribution in [0.25, 0.3) is 0 Å². The molecule has 1 heterocycles. The van der Waals surface area contributed by atoms with E-state index in [4.69, 9.17) is 0 Å². The average molecular weight is 155 g/mol. The van der Waals surface area contributed by atoms with Crippen LogP contribution in [0.1, 0.15) is 33.1 Å². The largest absolute Gasteiger partial charge is 0.324 e. The van der Waals surface area contributed by atoms with Gasteiger partial charge in [-0.2, -0.15) is 0 Å². The van der Waals surface area contributed by atoms with Gasteiger partial charge in [-0.3, -0.25) is 10.2 Å². The highest BCUT2D eigenvalue weighted by Crippen LogP contribution is 2.19. The summed E-state index contributed by atoms with van der Waals surface area (Å²) in [6.45, 7) is 4.25. The Morgan fingerprint density at radius 1 is 1.36 bits per heavy atom. The molecule has 1 rings (SSSR count). The standard InChI is InChI=1S/C8H15N2O/c1-7-4-3-5-8(2)10(7)9-6-11/h7-8H,3-5H2,1-2H3,(H,9,11). The highest BCUT2D eigenvalue weighted by Gasteiger charge is 2.23. The van der Waals surface area contributed by atoms with E-state index in [1.54, 1.807) is 6.41 Å². The lowest BCUT2D eigenvalue weighted by atomic mass is 10.00. The van der Waals surface area contributed by atoms with Gasteiger partial charge in [0.2, 0.25) is 0 Å². The molecule has 63 valence electrons. The molecule has 2 atom stereocenters. The number of piperidine rings is 1. The summed E-state index contributed by atoms with van der Waals surface area (Å²) in [5.41, 5.74) is 2.61. The maximum atomic E-state index is 10.1. The van der Waals surface area contributed by atoms with Crippen LogP contribution in [-0.2, 0) is 4.79 Å². The molecular weight excluding hydrogens is 140 g/mol. The highest BCUT2D eigenvalue weighted by molar-refractivity contribution is 5.46. The van der Waals surface area contributed by atoms with Gasteiger partial charge < -0.3 is 0 Å². The van der Waals surface area contributed by atoms with Gasteiger partial charge in [-0.05, 0) is 26.7 Å². The van der Waals surface area contributed by atoms with Gasteiger partial charge in [-0.15, -0.1) is 0 Å². The lowest BCUT2D eigenvalue weighted by Gasteiger charge is -2.37. The van der Waals surface area contributed by atoms with Crippen LogP contribution in [0.5, 0.6) is 0 Å². The fraction of sp³-hybridized carbons (Fsp3) is 0.875. The Labute approximate surface area is 67.7 Å². The Hall–Kier alpha value is -0.570. The second kappa shape index (κ2) is 3.72. The molecule has 0 aromatic heterocycles. The van der Waals surface area contributed by atoms with E-state index >= 15 is 0 Å². The normalized spacial score (nSPS) is 33.3. The summed E-state index contributed by atoms with van der Waals surface area (Å²) < 4.78 is 0. The van der Waals surface area contributed by atoms with E-state index < -0.39 is 0 Å². The maximum Gasteiger partial charge on any atom is 0.324 e. The predicted octanol–water partition coefficient (Wildman–Crippen LogP) is 0.821. The zero-order chi connectivity index (χ0) is 8.27. The van der Waals surface area contributed by atoms with Crippen LogP contribution in [0, 0.1) is 0 Å². The van der Waals surface area contributed by atoms with Crippen LogP contribution < -0.4 is 5.43 Å².